The highest BCUT2D eigenvalue weighted by Crippen LogP contribution is 2.29. The number of fused-ring (bicyclic) bond motifs is 1. The average molecular weight is 447 g/mol. The molecule has 0 aromatic heterocycles. The second kappa shape index (κ2) is 11.9. The van der Waals surface area contributed by atoms with Crippen molar-refractivity contribution < 1.29 is 23.8 Å². The van der Waals surface area contributed by atoms with E-state index < -0.39 is 5.97 Å². The van der Waals surface area contributed by atoms with Crippen LogP contribution in [0.15, 0.2) is 72.8 Å². The molecule has 0 spiro atoms. The zero-order chi connectivity index (χ0) is 23.6. The number of hydrogen-bond acceptors (Lipinski definition) is 5. The quantitative estimate of drug-likeness (QED) is 0.147. The van der Waals surface area contributed by atoms with Crippen LogP contribution in [0.5, 0.6) is 11.5 Å². The van der Waals surface area contributed by atoms with Gasteiger partial charge in [0.25, 0.3) is 0 Å². The van der Waals surface area contributed by atoms with Crippen molar-refractivity contribution >= 4 is 22.7 Å². The van der Waals surface area contributed by atoms with Gasteiger partial charge in [-0.05, 0) is 80.8 Å². The van der Waals surface area contributed by atoms with Gasteiger partial charge in [-0.25, -0.2) is 9.59 Å². The number of carbonyl (C=O) groups is 2. The van der Waals surface area contributed by atoms with E-state index in [2.05, 4.69) is 6.58 Å². The normalized spacial score (nSPS) is 10.6. The van der Waals surface area contributed by atoms with Crippen molar-refractivity contribution in [3.05, 3.63) is 83.9 Å². The predicted octanol–water partition coefficient (Wildman–Crippen LogP) is 6.43. The predicted molar refractivity (Wildman–Crippen MR) is 130 cm³/mol. The third kappa shape index (κ3) is 6.94. The summed E-state index contributed by atoms with van der Waals surface area (Å²) in [5, 5.41) is 1.99. The van der Waals surface area contributed by atoms with E-state index in [0.717, 1.165) is 42.0 Å². The molecule has 0 saturated heterocycles. The Morgan fingerprint density at radius 2 is 1.48 bits per heavy atom. The summed E-state index contributed by atoms with van der Waals surface area (Å²) in [6, 6.07) is 18.7. The molecule has 0 saturated carbocycles. The second-order valence-electron chi connectivity index (χ2n) is 8.02. The molecule has 0 aliphatic heterocycles. The van der Waals surface area contributed by atoms with E-state index >= 15 is 0 Å². The standard InChI is InChI=1S/C28H30O5/c1-20(2)27(29)32-19-9-5-4-8-18-31-23-15-13-22(14-16-23)28(30)33-26-17-12-21(3)24-10-6-7-11-25(24)26/h6-7,10-17H,1,4-5,8-9,18-19H2,2-3H3. The third-order valence-electron chi connectivity index (χ3n) is 5.28. The Balaban J connectivity index is 1.41. The first-order chi connectivity index (χ1) is 16.0. The lowest BCUT2D eigenvalue weighted by Crippen LogP contribution is -2.09. The van der Waals surface area contributed by atoms with E-state index in [-0.39, 0.29) is 5.97 Å². The third-order valence-corrected chi connectivity index (χ3v) is 5.28. The number of esters is 2. The van der Waals surface area contributed by atoms with Gasteiger partial charge in [-0.1, -0.05) is 36.9 Å². The molecule has 172 valence electrons. The summed E-state index contributed by atoms with van der Waals surface area (Å²) in [6.07, 6.45) is 3.68. The molecule has 33 heavy (non-hydrogen) atoms. The lowest BCUT2D eigenvalue weighted by atomic mass is 10.0. The van der Waals surface area contributed by atoms with Crippen molar-refractivity contribution in [1.82, 2.24) is 0 Å². The Morgan fingerprint density at radius 3 is 2.18 bits per heavy atom. The summed E-state index contributed by atoms with van der Waals surface area (Å²) in [4.78, 5) is 23.9. The second-order valence-corrected chi connectivity index (χ2v) is 8.02. The maximum atomic E-state index is 12.6. The van der Waals surface area contributed by atoms with Crippen LogP contribution in [0.3, 0.4) is 0 Å². The smallest absolute Gasteiger partial charge is 0.343 e. The zero-order valence-electron chi connectivity index (χ0n) is 19.3. The minimum atomic E-state index is -0.400. The number of hydrogen-bond donors (Lipinski definition) is 0. The molecule has 0 unspecified atom stereocenters. The van der Waals surface area contributed by atoms with Gasteiger partial charge >= 0.3 is 11.9 Å². The number of rotatable bonds is 11. The molecule has 0 bridgehead atoms. The van der Waals surface area contributed by atoms with Gasteiger partial charge in [0.05, 0.1) is 18.8 Å². The first-order valence-electron chi connectivity index (χ1n) is 11.2. The van der Waals surface area contributed by atoms with Crippen LogP contribution in [0.4, 0.5) is 0 Å². The van der Waals surface area contributed by atoms with Crippen molar-refractivity contribution in [3.63, 3.8) is 0 Å². The van der Waals surface area contributed by atoms with E-state index in [4.69, 9.17) is 14.2 Å². The summed E-state index contributed by atoms with van der Waals surface area (Å²) in [5.41, 5.74) is 2.03. The monoisotopic (exact) mass is 446 g/mol. The van der Waals surface area contributed by atoms with Gasteiger partial charge in [0, 0.05) is 11.0 Å². The van der Waals surface area contributed by atoms with Crippen LogP contribution in [-0.2, 0) is 9.53 Å². The lowest BCUT2D eigenvalue weighted by molar-refractivity contribution is -0.139. The highest BCUT2D eigenvalue weighted by Gasteiger charge is 2.12. The SMILES string of the molecule is C=C(C)C(=O)OCCCCCCOc1ccc(C(=O)Oc2ccc(C)c3ccccc23)cc1. The van der Waals surface area contributed by atoms with Crippen molar-refractivity contribution in [3.8, 4) is 11.5 Å². The first kappa shape index (κ1) is 24.1. The molecule has 5 heteroatoms. The van der Waals surface area contributed by atoms with Gasteiger partial charge in [0.2, 0.25) is 0 Å². The molecule has 0 atom stereocenters. The van der Waals surface area contributed by atoms with Crippen molar-refractivity contribution in [2.75, 3.05) is 13.2 Å². The van der Waals surface area contributed by atoms with E-state index in [9.17, 15) is 9.59 Å². The van der Waals surface area contributed by atoms with Gasteiger partial charge in [-0.2, -0.15) is 0 Å². The van der Waals surface area contributed by atoms with Crippen molar-refractivity contribution in [2.45, 2.75) is 39.5 Å². The van der Waals surface area contributed by atoms with Crippen LogP contribution in [-0.4, -0.2) is 25.2 Å². The van der Waals surface area contributed by atoms with Crippen molar-refractivity contribution in [1.29, 1.82) is 0 Å². The topological polar surface area (TPSA) is 61.8 Å². The van der Waals surface area contributed by atoms with Gasteiger partial charge in [0.15, 0.2) is 0 Å². The molecular weight excluding hydrogens is 416 g/mol. The molecule has 0 aliphatic carbocycles. The fraction of sp³-hybridized carbons (Fsp3) is 0.286. The maximum Gasteiger partial charge on any atom is 0.343 e. The Labute approximate surface area is 195 Å². The summed E-state index contributed by atoms with van der Waals surface area (Å²) in [7, 11) is 0. The van der Waals surface area contributed by atoms with E-state index in [0.29, 0.717) is 35.8 Å². The van der Waals surface area contributed by atoms with E-state index in [1.54, 1.807) is 31.2 Å². The fourth-order valence-corrected chi connectivity index (χ4v) is 3.39. The highest BCUT2D eigenvalue weighted by molar-refractivity contribution is 5.96. The van der Waals surface area contributed by atoms with E-state index in [1.807, 2.05) is 43.3 Å². The molecule has 3 aromatic rings. The summed E-state index contributed by atoms with van der Waals surface area (Å²) < 4.78 is 16.5. The molecule has 0 amide bonds. The highest BCUT2D eigenvalue weighted by atomic mass is 16.5. The number of benzene rings is 3. The summed E-state index contributed by atoms with van der Waals surface area (Å²) >= 11 is 0. The number of aryl methyl sites for hydroxylation is 1. The molecule has 5 nitrogen and oxygen atoms in total. The Bertz CT molecular complexity index is 1110. The molecule has 0 N–H and O–H groups in total. The van der Waals surface area contributed by atoms with E-state index in [1.165, 1.54) is 0 Å². The minimum absolute atomic E-state index is 0.335. The summed E-state index contributed by atoms with van der Waals surface area (Å²) in [6.45, 7) is 8.24. The maximum absolute atomic E-state index is 12.6. The van der Waals surface area contributed by atoms with Gasteiger partial charge in [-0.15, -0.1) is 0 Å². The zero-order valence-corrected chi connectivity index (χ0v) is 19.3. The van der Waals surface area contributed by atoms with Crippen LogP contribution in [0.25, 0.3) is 10.8 Å². The minimum Gasteiger partial charge on any atom is -0.494 e. The number of unbranched alkanes of at least 4 members (excludes halogenated alkanes) is 3. The van der Waals surface area contributed by atoms with Gasteiger partial charge < -0.3 is 14.2 Å². The Morgan fingerprint density at radius 1 is 0.818 bits per heavy atom. The molecule has 3 aromatic carbocycles. The fourth-order valence-electron chi connectivity index (χ4n) is 3.39. The van der Waals surface area contributed by atoms with Crippen LogP contribution in [0.2, 0.25) is 0 Å². The van der Waals surface area contributed by atoms with Crippen molar-refractivity contribution in [2.24, 2.45) is 0 Å². The molecule has 3 rings (SSSR count). The average Bonchev–Trinajstić information content (AvgIpc) is 2.82. The van der Waals surface area contributed by atoms with Crippen LogP contribution >= 0.6 is 0 Å². The lowest BCUT2D eigenvalue weighted by Gasteiger charge is -2.10. The first-order valence-corrected chi connectivity index (χ1v) is 11.2. The number of carbonyl (C=O) groups excluding carboxylic acids is 2. The Hall–Kier alpha value is -3.60. The molecule has 0 fully saturated rings. The number of ether oxygens (including phenoxy) is 3. The van der Waals surface area contributed by atoms with Gasteiger partial charge in [0.1, 0.15) is 11.5 Å². The summed E-state index contributed by atoms with van der Waals surface area (Å²) in [5.74, 6) is 0.527. The largest absolute Gasteiger partial charge is 0.494 e. The Kier molecular flexibility index (Phi) is 8.64. The molecule has 0 radical (unpaired) electrons. The molecule has 0 heterocycles. The van der Waals surface area contributed by atoms with Crippen LogP contribution < -0.4 is 9.47 Å². The van der Waals surface area contributed by atoms with Crippen LogP contribution in [0, 0.1) is 6.92 Å². The van der Waals surface area contributed by atoms with Gasteiger partial charge in [-0.3, -0.25) is 0 Å². The molecular formula is C28H30O5. The van der Waals surface area contributed by atoms with Crippen LogP contribution in [0.1, 0.15) is 48.5 Å². The molecule has 0 aliphatic rings.